The first-order chi connectivity index (χ1) is 8.35. The van der Waals surface area contributed by atoms with Gasteiger partial charge in [0, 0.05) is 31.3 Å². The molecule has 0 heterocycles. The Morgan fingerprint density at radius 1 is 1.22 bits per heavy atom. The van der Waals surface area contributed by atoms with Crippen molar-refractivity contribution in [1.29, 1.82) is 0 Å². The molecule has 0 aromatic heterocycles. The van der Waals surface area contributed by atoms with Gasteiger partial charge in [0.25, 0.3) is 0 Å². The molecule has 0 fully saturated rings. The average Bonchev–Trinajstić information content (AvgIpc) is 2.26. The predicted octanol–water partition coefficient (Wildman–Crippen LogP) is 2.90. The monoisotopic (exact) mass is 258 g/mol. The van der Waals surface area contributed by atoms with Gasteiger partial charge in [0.05, 0.1) is 6.61 Å². The zero-order valence-corrected chi connectivity index (χ0v) is 13.5. The molecule has 0 aliphatic heterocycles. The predicted molar refractivity (Wildman–Crippen MR) is 80.2 cm³/mol. The van der Waals surface area contributed by atoms with E-state index in [-0.39, 0.29) is 5.54 Å². The zero-order chi connectivity index (χ0) is 14.2. The van der Waals surface area contributed by atoms with Crippen LogP contribution in [0.25, 0.3) is 0 Å². The maximum absolute atomic E-state index is 5.30. The lowest BCUT2D eigenvalue weighted by atomic mass is 10.0. The molecule has 2 atom stereocenters. The molecule has 0 aromatic rings. The van der Waals surface area contributed by atoms with Crippen LogP contribution < -0.4 is 5.32 Å². The minimum absolute atomic E-state index is 0.190. The largest absolute Gasteiger partial charge is 0.383 e. The Hall–Kier alpha value is -0.120. The molecule has 0 saturated carbocycles. The molecule has 0 saturated heterocycles. The maximum Gasteiger partial charge on any atom is 0.0615 e. The van der Waals surface area contributed by atoms with Crippen LogP contribution in [0.5, 0.6) is 0 Å². The molecule has 0 aliphatic rings. The van der Waals surface area contributed by atoms with Gasteiger partial charge in [-0.15, -0.1) is 0 Å². The van der Waals surface area contributed by atoms with Crippen molar-refractivity contribution in [3.63, 3.8) is 0 Å². The summed E-state index contributed by atoms with van der Waals surface area (Å²) < 4.78 is 5.30. The third-order valence-corrected chi connectivity index (χ3v) is 3.30. The van der Waals surface area contributed by atoms with Gasteiger partial charge in [-0.05, 0) is 40.7 Å². The second kappa shape index (κ2) is 8.89. The fraction of sp³-hybridized carbons (Fsp3) is 1.00. The lowest BCUT2D eigenvalue weighted by molar-refractivity contribution is 0.0671. The summed E-state index contributed by atoms with van der Waals surface area (Å²) in [7, 11) is 1.78. The number of nitrogens with zero attached hydrogens (tertiary/aromatic N) is 1. The topological polar surface area (TPSA) is 24.5 Å². The Labute approximate surface area is 114 Å². The van der Waals surface area contributed by atoms with E-state index in [4.69, 9.17) is 4.74 Å². The number of hydrogen-bond donors (Lipinski definition) is 1. The summed E-state index contributed by atoms with van der Waals surface area (Å²) in [6.45, 7) is 16.4. The van der Waals surface area contributed by atoms with Gasteiger partial charge in [-0.1, -0.05) is 20.3 Å². The van der Waals surface area contributed by atoms with E-state index in [2.05, 4.69) is 51.8 Å². The first-order valence-corrected chi connectivity index (χ1v) is 7.35. The Bertz CT molecular complexity index is 201. The van der Waals surface area contributed by atoms with Crippen LogP contribution in [0.15, 0.2) is 0 Å². The molecule has 3 nitrogen and oxygen atoms in total. The number of nitrogens with one attached hydrogen (secondary N) is 1. The molecule has 110 valence electrons. The van der Waals surface area contributed by atoms with Crippen LogP contribution in [0.3, 0.4) is 0 Å². The third-order valence-electron chi connectivity index (χ3n) is 3.30. The van der Waals surface area contributed by atoms with E-state index < -0.39 is 0 Å². The van der Waals surface area contributed by atoms with Gasteiger partial charge in [-0.25, -0.2) is 0 Å². The first-order valence-electron chi connectivity index (χ1n) is 7.35. The van der Waals surface area contributed by atoms with Crippen LogP contribution in [-0.4, -0.2) is 49.3 Å². The quantitative estimate of drug-likeness (QED) is 0.688. The first kappa shape index (κ1) is 17.9. The molecule has 0 aliphatic carbocycles. The number of rotatable bonds is 9. The van der Waals surface area contributed by atoms with Gasteiger partial charge in [0.2, 0.25) is 0 Å². The SMILES string of the molecule is CCCC(CNC(C)(C)C)N(CC)C(C)COC. The molecule has 0 rings (SSSR count). The number of ether oxygens (including phenoxy) is 1. The summed E-state index contributed by atoms with van der Waals surface area (Å²) in [6, 6.07) is 1.09. The van der Waals surface area contributed by atoms with Crippen LogP contribution in [-0.2, 0) is 4.74 Å². The van der Waals surface area contributed by atoms with Gasteiger partial charge >= 0.3 is 0 Å². The summed E-state index contributed by atoms with van der Waals surface area (Å²) in [4.78, 5) is 2.56. The molecular weight excluding hydrogens is 224 g/mol. The molecule has 0 spiro atoms. The molecule has 0 aromatic carbocycles. The lowest BCUT2D eigenvalue weighted by Crippen LogP contribution is -2.51. The second-order valence-corrected chi connectivity index (χ2v) is 6.21. The highest BCUT2D eigenvalue weighted by molar-refractivity contribution is 4.81. The van der Waals surface area contributed by atoms with Crippen LogP contribution in [0.1, 0.15) is 54.4 Å². The van der Waals surface area contributed by atoms with Gasteiger partial charge in [0.1, 0.15) is 0 Å². The second-order valence-electron chi connectivity index (χ2n) is 6.21. The maximum atomic E-state index is 5.30. The Morgan fingerprint density at radius 2 is 1.83 bits per heavy atom. The zero-order valence-electron chi connectivity index (χ0n) is 13.5. The van der Waals surface area contributed by atoms with E-state index in [0.717, 1.165) is 19.7 Å². The fourth-order valence-electron chi connectivity index (χ4n) is 2.41. The molecule has 3 heteroatoms. The van der Waals surface area contributed by atoms with Crippen molar-refractivity contribution < 1.29 is 4.74 Å². The summed E-state index contributed by atoms with van der Waals surface area (Å²) in [5.41, 5.74) is 0.190. The van der Waals surface area contributed by atoms with Gasteiger partial charge in [-0.3, -0.25) is 4.90 Å². The smallest absolute Gasteiger partial charge is 0.0615 e. The normalized spacial score (nSPS) is 16.0. The molecule has 18 heavy (non-hydrogen) atoms. The van der Waals surface area contributed by atoms with Crippen LogP contribution in [0.2, 0.25) is 0 Å². The minimum Gasteiger partial charge on any atom is -0.383 e. The molecule has 0 bridgehead atoms. The van der Waals surface area contributed by atoms with Crippen molar-refractivity contribution in [1.82, 2.24) is 10.2 Å². The van der Waals surface area contributed by atoms with Crippen molar-refractivity contribution in [3.05, 3.63) is 0 Å². The minimum atomic E-state index is 0.190. The van der Waals surface area contributed by atoms with E-state index in [1.165, 1.54) is 12.8 Å². The third kappa shape index (κ3) is 7.34. The van der Waals surface area contributed by atoms with Crippen LogP contribution >= 0.6 is 0 Å². The van der Waals surface area contributed by atoms with Crippen molar-refractivity contribution in [3.8, 4) is 0 Å². The number of hydrogen-bond acceptors (Lipinski definition) is 3. The molecular formula is C15H34N2O. The highest BCUT2D eigenvalue weighted by Gasteiger charge is 2.22. The van der Waals surface area contributed by atoms with E-state index in [9.17, 15) is 0 Å². The van der Waals surface area contributed by atoms with E-state index in [0.29, 0.717) is 12.1 Å². The molecule has 0 amide bonds. The van der Waals surface area contributed by atoms with Crippen LogP contribution in [0.4, 0.5) is 0 Å². The molecule has 2 unspecified atom stereocenters. The van der Waals surface area contributed by atoms with Crippen molar-refractivity contribution in [2.45, 2.75) is 72.0 Å². The standard InChI is InChI=1S/C15H34N2O/c1-8-10-14(11-16-15(4,5)6)17(9-2)13(3)12-18-7/h13-14,16H,8-12H2,1-7H3. The van der Waals surface area contributed by atoms with Crippen molar-refractivity contribution >= 4 is 0 Å². The van der Waals surface area contributed by atoms with E-state index >= 15 is 0 Å². The fourth-order valence-corrected chi connectivity index (χ4v) is 2.41. The summed E-state index contributed by atoms with van der Waals surface area (Å²) >= 11 is 0. The van der Waals surface area contributed by atoms with Gasteiger partial charge < -0.3 is 10.1 Å². The van der Waals surface area contributed by atoms with E-state index in [1.54, 1.807) is 7.11 Å². The van der Waals surface area contributed by atoms with Gasteiger partial charge in [0.15, 0.2) is 0 Å². The van der Waals surface area contributed by atoms with Crippen molar-refractivity contribution in [2.75, 3.05) is 26.8 Å². The molecule has 1 N–H and O–H groups in total. The average molecular weight is 258 g/mol. The summed E-state index contributed by atoms with van der Waals surface area (Å²) in [5, 5.41) is 3.64. The number of likely N-dealkylation sites (N-methyl/N-ethyl adjacent to an activating group) is 1. The Morgan fingerprint density at radius 3 is 2.22 bits per heavy atom. The Balaban J connectivity index is 4.51. The van der Waals surface area contributed by atoms with Crippen LogP contribution in [0, 0.1) is 0 Å². The summed E-state index contributed by atoms with van der Waals surface area (Å²) in [5.74, 6) is 0. The number of methoxy groups -OCH3 is 1. The Kier molecular flexibility index (Phi) is 8.83. The van der Waals surface area contributed by atoms with Crippen molar-refractivity contribution in [2.24, 2.45) is 0 Å². The van der Waals surface area contributed by atoms with Gasteiger partial charge in [-0.2, -0.15) is 0 Å². The van der Waals surface area contributed by atoms with E-state index in [1.807, 2.05) is 0 Å². The highest BCUT2D eigenvalue weighted by atomic mass is 16.5. The molecule has 0 radical (unpaired) electrons. The highest BCUT2D eigenvalue weighted by Crippen LogP contribution is 2.12. The summed E-state index contributed by atoms with van der Waals surface area (Å²) in [6.07, 6.45) is 2.47. The lowest BCUT2D eigenvalue weighted by Gasteiger charge is -2.37.